The zero-order chi connectivity index (χ0) is 13.3. The van der Waals surface area contributed by atoms with E-state index in [4.69, 9.17) is 4.74 Å². The molecular formula is C13H10Br2O2S. The minimum absolute atomic E-state index is 0.0329. The fourth-order valence-electron chi connectivity index (χ4n) is 1.57. The van der Waals surface area contributed by atoms with Gasteiger partial charge in [0.15, 0.2) is 0 Å². The van der Waals surface area contributed by atoms with Gasteiger partial charge in [-0.3, -0.25) is 4.79 Å². The average Bonchev–Trinajstić information content (AvgIpc) is 2.81. The smallest absolute Gasteiger partial charge is 0.207 e. The Balaban J connectivity index is 2.50. The third kappa shape index (κ3) is 2.53. The van der Waals surface area contributed by atoms with Crippen LogP contribution in [-0.2, 0) is 0 Å². The van der Waals surface area contributed by atoms with Crippen molar-refractivity contribution in [1.82, 2.24) is 0 Å². The van der Waals surface area contributed by atoms with E-state index in [1.807, 2.05) is 24.4 Å². The van der Waals surface area contributed by atoms with Crippen molar-refractivity contribution >= 4 is 49.0 Å². The van der Waals surface area contributed by atoms with Gasteiger partial charge in [-0.2, -0.15) is 0 Å². The second-order valence-corrected chi connectivity index (χ2v) is 6.35. The summed E-state index contributed by atoms with van der Waals surface area (Å²) >= 11 is 8.27. The van der Waals surface area contributed by atoms with Crippen molar-refractivity contribution in [2.75, 3.05) is 7.11 Å². The molecule has 2 rings (SSSR count). The molecule has 2 aromatic rings. The molecule has 0 saturated carbocycles. The summed E-state index contributed by atoms with van der Waals surface area (Å²) in [6.45, 7) is 1.98. The van der Waals surface area contributed by atoms with E-state index < -0.39 is 0 Å². The van der Waals surface area contributed by atoms with Gasteiger partial charge in [0.25, 0.3) is 0 Å². The van der Waals surface area contributed by atoms with Crippen molar-refractivity contribution in [1.29, 1.82) is 0 Å². The summed E-state index contributed by atoms with van der Waals surface area (Å²) in [5, 5.41) is 1.85. The molecule has 1 aromatic carbocycles. The molecule has 5 heteroatoms. The lowest BCUT2D eigenvalue weighted by atomic mass is 10.1. The Labute approximate surface area is 126 Å². The Morgan fingerprint density at radius 3 is 2.67 bits per heavy atom. The van der Waals surface area contributed by atoms with Gasteiger partial charge in [0, 0.05) is 14.5 Å². The molecule has 0 unspecified atom stereocenters. The summed E-state index contributed by atoms with van der Waals surface area (Å²) in [5.41, 5.74) is 1.71. The van der Waals surface area contributed by atoms with Crippen LogP contribution in [0.1, 0.15) is 20.8 Å². The molecule has 0 aliphatic rings. The number of benzene rings is 1. The third-order valence-electron chi connectivity index (χ3n) is 2.55. The molecule has 1 heterocycles. The molecule has 0 fully saturated rings. The summed E-state index contributed by atoms with van der Waals surface area (Å²) in [6.07, 6.45) is 0. The summed E-state index contributed by atoms with van der Waals surface area (Å²) in [6, 6.07) is 5.56. The standard InChI is InChI=1S/C13H10Br2O2S/c1-7-5-10(15)8(6-9(7)14)12(16)13-11(17-2)3-4-18-13/h3-6H,1-2H3. The lowest BCUT2D eigenvalue weighted by Crippen LogP contribution is -2.02. The maximum atomic E-state index is 12.5. The highest BCUT2D eigenvalue weighted by atomic mass is 79.9. The van der Waals surface area contributed by atoms with Gasteiger partial charge in [-0.05, 0) is 36.1 Å². The van der Waals surface area contributed by atoms with Crippen LogP contribution in [0.2, 0.25) is 0 Å². The number of carbonyl (C=O) groups excluding carboxylic acids is 1. The number of ether oxygens (including phenoxy) is 1. The van der Waals surface area contributed by atoms with E-state index in [0.29, 0.717) is 16.2 Å². The second-order valence-electron chi connectivity index (χ2n) is 3.73. The van der Waals surface area contributed by atoms with Crippen molar-refractivity contribution in [3.63, 3.8) is 0 Å². The van der Waals surface area contributed by atoms with Crippen LogP contribution in [0.3, 0.4) is 0 Å². The average molecular weight is 390 g/mol. The Morgan fingerprint density at radius 1 is 1.28 bits per heavy atom. The summed E-state index contributed by atoms with van der Waals surface area (Å²) in [5.74, 6) is 0.586. The Kier molecular flexibility index (Phi) is 4.25. The Bertz CT molecular complexity index is 605. The molecular weight excluding hydrogens is 380 g/mol. The number of hydrogen-bond acceptors (Lipinski definition) is 3. The maximum Gasteiger partial charge on any atom is 0.207 e. The fourth-order valence-corrected chi connectivity index (χ4v) is 3.36. The molecule has 0 aliphatic carbocycles. The number of halogens is 2. The molecule has 0 bridgehead atoms. The van der Waals surface area contributed by atoms with Crippen molar-refractivity contribution in [2.45, 2.75) is 6.92 Å². The van der Waals surface area contributed by atoms with Crippen molar-refractivity contribution in [2.24, 2.45) is 0 Å². The second kappa shape index (κ2) is 5.55. The highest BCUT2D eigenvalue weighted by molar-refractivity contribution is 9.11. The first-order valence-corrected chi connectivity index (χ1v) is 7.63. The van der Waals surface area contributed by atoms with Crippen molar-refractivity contribution < 1.29 is 9.53 Å². The van der Waals surface area contributed by atoms with Crippen LogP contribution in [0.5, 0.6) is 5.75 Å². The monoisotopic (exact) mass is 388 g/mol. The zero-order valence-electron chi connectivity index (χ0n) is 9.79. The van der Waals surface area contributed by atoms with E-state index in [-0.39, 0.29) is 5.78 Å². The highest BCUT2D eigenvalue weighted by Gasteiger charge is 2.19. The number of hydrogen-bond donors (Lipinski definition) is 0. The van der Waals surface area contributed by atoms with Gasteiger partial charge >= 0.3 is 0 Å². The number of carbonyl (C=O) groups is 1. The van der Waals surface area contributed by atoms with Crippen molar-refractivity contribution in [3.8, 4) is 5.75 Å². The van der Waals surface area contributed by atoms with Gasteiger partial charge in [0.2, 0.25) is 5.78 Å². The minimum Gasteiger partial charge on any atom is -0.495 e. The normalized spacial score (nSPS) is 10.4. The predicted octanol–water partition coefficient (Wildman–Crippen LogP) is 4.82. The molecule has 0 aliphatic heterocycles. The van der Waals surface area contributed by atoms with Crippen LogP contribution >= 0.6 is 43.2 Å². The van der Waals surface area contributed by atoms with Gasteiger partial charge in [-0.1, -0.05) is 31.9 Å². The molecule has 18 heavy (non-hydrogen) atoms. The van der Waals surface area contributed by atoms with Gasteiger partial charge in [0.1, 0.15) is 10.6 Å². The molecule has 2 nitrogen and oxygen atoms in total. The van der Waals surface area contributed by atoms with Crippen LogP contribution in [0.25, 0.3) is 0 Å². The first-order chi connectivity index (χ1) is 8.54. The van der Waals surface area contributed by atoms with E-state index in [1.54, 1.807) is 13.2 Å². The first-order valence-electron chi connectivity index (χ1n) is 5.16. The SMILES string of the molecule is COc1ccsc1C(=O)c1cc(Br)c(C)cc1Br. The molecule has 1 aromatic heterocycles. The van der Waals surface area contributed by atoms with Crippen LogP contribution in [0, 0.1) is 6.92 Å². The van der Waals surface area contributed by atoms with Gasteiger partial charge in [-0.15, -0.1) is 11.3 Å². The number of rotatable bonds is 3. The van der Waals surface area contributed by atoms with E-state index in [9.17, 15) is 4.79 Å². The largest absolute Gasteiger partial charge is 0.495 e. The summed E-state index contributed by atoms with van der Waals surface area (Å²) in [7, 11) is 1.57. The van der Waals surface area contributed by atoms with E-state index in [2.05, 4.69) is 31.9 Å². The summed E-state index contributed by atoms with van der Waals surface area (Å²) in [4.78, 5) is 13.1. The molecule has 0 saturated heterocycles. The molecule has 0 N–H and O–H groups in total. The molecule has 0 atom stereocenters. The van der Waals surface area contributed by atoms with Crippen LogP contribution < -0.4 is 4.74 Å². The number of ketones is 1. The molecule has 0 amide bonds. The van der Waals surface area contributed by atoms with Crippen LogP contribution in [-0.4, -0.2) is 12.9 Å². The van der Waals surface area contributed by atoms with E-state index >= 15 is 0 Å². The Hall–Kier alpha value is -0.650. The third-order valence-corrected chi connectivity index (χ3v) is 4.95. The number of aryl methyl sites for hydroxylation is 1. The molecule has 0 radical (unpaired) electrons. The predicted molar refractivity (Wildman–Crippen MR) is 80.9 cm³/mol. The van der Waals surface area contributed by atoms with E-state index in [0.717, 1.165) is 14.5 Å². The van der Waals surface area contributed by atoms with Gasteiger partial charge < -0.3 is 4.74 Å². The maximum absolute atomic E-state index is 12.5. The summed E-state index contributed by atoms with van der Waals surface area (Å²) < 4.78 is 6.90. The van der Waals surface area contributed by atoms with Crippen LogP contribution in [0.4, 0.5) is 0 Å². The Morgan fingerprint density at radius 2 is 2.00 bits per heavy atom. The van der Waals surface area contributed by atoms with Crippen molar-refractivity contribution in [3.05, 3.63) is 48.5 Å². The molecule has 0 spiro atoms. The highest BCUT2D eigenvalue weighted by Crippen LogP contribution is 2.32. The number of thiophene rings is 1. The topological polar surface area (TPSA) is 26.3 Å². The molecule has 94 valence electrons. The first kappa shape index (κ1) is 13.8. The van der Waals surface area contributed by atoms with Crippen LogP contribution in [0.15, 0.2) is 32.5 Å². The lowest BCUT2D eigenvalue weighted by molar-refractivity contribution is 0.103. The van der Waals surface area contributed by atoms with E-state index in [1.165, 1.54) is 11.3 Å². The quantitative estimate of drug-likeness (QED) is 0.703. The lowest BCUT2D eigenvalue weighted by Gasteiger charge is -2.07. The fraction of sp³-hybridized carbons (Fsp3) is 0.154. The minimum atomic E-state index is -0.0329. The number of methoxy groups -OCH3 is 1. The zero-order valence-corrected chi connectivity index (χ0v) is 13.8. The van der Waals surface area contributed by atoms with Gasteiger partial charge in [-0.25, -0.2) is 0 Å². The van der Waals surface area contributed by atoms with Gasteiger partial charge in [0.05, 0.1) is 7.11 Å².